The number of phenols is 1. The Labute approximate surface area is 120 Å². The molecule has 0 heterocycles. The number of rotatable bonds is 3. The highest BCUT2D eigenvalue weighted by Crippen LogP contribution is 2.39. The van der Waals surface area contributed by atoms with Crippen LogP contribution in [0.3, 0.4) is 0 Å². The van der Waals surface area contributed by atoms with Gasteiger partial charge in [0.15, 0.2) is 5.75 Å². The van der Waals surface area contributed by atoms with Crippen molar-refractivity contribution < 1.29 is 15.0 Å². The molecule has 0 unspecified atom stereocenters. The quantitative estimate of drug-likeness (QED) is 0.880. The van der Waals surface area contributed by atoms with Gasteiger partial charge in [-0.2, -0.15) is 0 Å². The van der Waals surface area contributed by atoms with Crippen LogP contribution in [0.25, 0.3) is 0 Å². The number of carboxylic acids is 1. The number of carbonyl (C=O) groups is 1. The van der Waals surface area contributed by atoms with Gasteiger partial charge in [0, 0.05) is 54.9 Å². The minimum atomic E-state index is -0.833. The summed E-state index contributed by atoms with van der Waals surface area (Å²) < 4.78 is 0. The standard InChI is InChI=1S/C12H21N3O.C2H4O2/c1-13(2)9-7-10(14(3)4)12(16)11(8-9)15(5)6;1-2(3)4/h7-8,16H,1-6H3;1H3,(H,3,4). The maximum Gasteiger partial charge on any atom is 0.300 e. The second kappa shape index (κ2) is 7.47. The first-order valence-corrected chi connectivity index (χ1v) is 6.16. The van der Waals surface area contributed by atoms with Gasteiger partial charge >= 0.3 is 0 Å². The van der Waals surface area contributed by atoms with Gasteiger partial charge in [-0.1, -0.05) is 0 Å². The molecule has 0 saturated heterocycles. The molecule has 0 fully saturated rings. The summed E-state index contributed by atoms with van der Waals surface area (Å²) in [5, 5.41) is 17.6. The molecule has 0 bridgehead atoms. The van der Waals surface area contributed by atoms with Crippen LogP contribution in [0.1, 0.15) is 6.92 Å². The minimum absolute atomic E-state index is 0.320. The van der Waals surface area contributed by atoms with Gasteiger partial charge in [-0.15, -0.1) is 0 Å². The van der Waals surface area contributed by atoms with Crippen LogP contribution >= 0.6 is 0 Å². The smallest absolute Gasteiger partial charge is 0.300 e. The van der Waals surface area contributed by atoms with Gasteiger partial charge in [-0.25, -0.2) is 0 Å². The lowest BCUT2D eigenvalue weighted by molar-refractivity contribution is -0.134. The van der Waals surface area contributed by atoms with Gasteiger partial charge < -0.3 is 24.9 Å². The number of phenolic OH excluding ortho intramolecular Hbond substituents is 1. The molecule has 20 heavy (non-hydrogen) atoms. The number of anilines is 3. The van der Waals surface area contributed by atoms with E-state index in [2.05, 4.69) is 0 Å². The highest BCUT2D eigenvalue weighted by Gasteiger charge is 2.13. The fourth-order valence-corrected chi connectivity index (χ4v) is 1.53. The van der Waals surface area contributed by atoms with E-state index < -0.39 is 5.97 Å². The van der Waals surface area contributed by atoms with Crippen LogP contribution in [-0.2, 0) is 4.79 Å². The maximum absolute atomic E-state index is 10.1. The Bertz CT molecular complexity index is 424. The van der Waals surface area contributed by atoms with Crippen LogP contribution in [0, 0.1) is 0 Å². The molecule has 114 valence electrons. The molecule has 1 rings (SSSR count). The number of benzene rings is 1. The van der Waals surface area contributed by atoms with Crippen molar-refractivity contribution in [1.29, 1.82) is 0 Å². The Morgan fingerprint density at radius 3 is 1.40 bits per heavy atom. The van der Waals surface area contributed by atoms with E-state index in [1.165, 1.54) is 0 Å². The number of hydrogen-bond acceptors (Lipinski definition) is 5. The van der Waals surface area contributed by atoms with Gasteiger partial charge in [0.25, 0.3) is 5.97 Å². The average Bonchev–Trinajstić information content (AvgIpc) is 2.27. The Morgan fingerprint density at radius 1 is 0.900 bits per heavy atom. The van der Waals surface area contributed by atoms with Crippen molar-refractivity contribution in [2.24, 2.45) is 0 Å². The van der Waals surface area contributed by atoms with Crippen LogP contribution in [0.4, 0.5) is 17.1 Å². The summed E-state index contributed by atoms with van der Waals surface area (Å²) >= 11 is 0. The van der Waals surface area contributed by atoms with Crippen molar-refractivity contribution in [3.8, 4) is 5.75 Å². The zero-order chi connectivity index (χ0) is 16.0. The monoisotopic (exact) mass is 283 g/mol. The highest BCUT2D eigenvalue weighted by molar-refractivity contribution is 5.78. The number of carboxylic acid groups (broad SMARTS) is 1. The van der Waals surface area contributed by atoms with Gasteiger partial charge in [0.1, 0.15) is 0 Å². The second-order valence-electron chi connectivity index (χ2n) is 5.03. The van der Waals surface area contributed by atoms with E-state index in [0.29, 0.717) is 5.75 Å². The second-order valence-corrected chi connectivity index (χ2v) is 5.03. The van der Waals surface area contributed by atoms with Gasteiger partial charge in [0.05, 0.1) is 11.4 Å². The van der Waals surface area contributed by atoms with E-state index in [1.54, 1.807) is 0 Å². The lowest BCUT2D eigenvalue weighted by Crippen LogP contribution is -2.16. The summed E-state index contributed by atoms with van der Waals surface area (Å²) in [4.78, 5) is 14.9. The zero-order valence-electron chi connectivity index (χ0n) is 13.3. The number of hydrogen-bond donors (Lipinski definition) is 2. The van der Waals surface area contributed by atoms with Crippen LogP contribution in [-0.4, -0.2) is 58.5 Å². The van der Waals surface area contributed by atoms with Crippen molar-refractivity contribution in [3.63, 3.8) is 0 Å². The molecular weight excluding hydrogens is 258 g/mol. The maximum atomic E-state index is 10.1. The molecule has 0 aliphatic rings. The Hall–Kier alpha value is -2.11. The average molecular weight is 283 g/mol. The molecule has 2 N–H and O–H groups in total. The van der Waals surface area contributed by atoms with Crippen LogP contribution in [0.15, 0.2) is 12.1 Å². The topological polar surface area (TPSA) is 67.2 Å². The third kappa shape index (κ3) is 5.26. The molecule has 6 heteroatoms. The molecule has 0 aliphatic heterocycles. The SMILES string of the molecule is CC(=O)O.CN(C)c1cc(N(C)C)c(O)c(N(C)C)c1. The summed E-state index contributed by atoms with van der Waals surface area (Å²) in [6.45, 7) is 1.08. The molecule has 0 atom stereocenters. The Kier molecular flexibility index (Phi) is 6.68. The van der Waals surface area contributed by atoms with Crippen molar-refractivity contribution in [1.82, 2.24) is 0 Å². The molecule has 0 aliphatic carbocycles. The molecule has 6 nitrogen and oxygen atoms in total. The third-order valence-corrected chi connectivity index (χ3v) is 2.53. The molecule has 1 aromatic carbocycles. The fraction of sp³-hybridized carbons (Fsp3) is 0.500. The molecule has 0 radical (unpaired) electrons. The molecule has 0 aromatic heterocycles. The Balaban J connectivity index is 0.000000796. The van der Waals surface area contributed by atoms with E-state index >= 15 is 0 Å². The first-order valence-electron chi connectivity index (χ1n) is 6.16. The molecule has 0 spiro atoms. The lowest BCUT2D eigenvalue weighted by atomic mass is 10.2. The van der Waals surface area contributed by atoms with Crippen LogP contribution in [0.2, 0.25) is 0 Å². The van der Waals surface area contributed by atoms with Gasteiger partial charge in [-0.3, -0.25) is 4.79 Å². The molecular formula is C14H25N3O3. The predicted molar refractivity (Wildman–Crippen MR) is 84.4 cm³/mol. The fourth-order valence-electron chi connectivity index (χ4n) is 1.53. The van der Waals surface area contributed by atoms with Crippen molar-refractivity contribution in [2.45, 2.75) is 6.92 Å². The minimum Gasteiger partial charge on any atom is -0.504 e. The number of aromatic hydroxyl groups is 1. The van der Waals surface area contributed by atoms with E-state index in [0.717, 1.165) is 24.0 Å². The summed E-state index contributed by atoms with van der Waals surface area (Å²) in [6.07, 6.45) is 0. The highest BCUT2D eigenvalue weighted by atomic mass is 16.4. The number of aliphatic carboxylic acids is 1. The Morgan fingerprint density at radius 2 is 1.20 bits per heavy atom. The molecule has 1 aromatic rings. The van der Waals surface area contributed by atoms with Crippen molar-refractivity contribution >= 4 is 23.0 Å². The lowest BCUT2D eigenvalue weighted by Gasteiger charge is -2.24. The van der Waals surface area contributed by atoms with Crippen LogP contribution < -0.4 is 14.7 Å². The van der Waals surface area contributed by atoms with Crippen molar-refractivity contribution in [2.75, 3.05) is 57.0 Å². The van der Waals surface area contributed by atoms with Crippen molar-refractivity contribution in [3.05, 3.63) is 12.1 Å². The third-order valence-electron chi connectivity index (χ3n) is 2.53. The summed E-state index contributed by atoms with van der Waals surface area (Å²) in [6, 6.07) is 3.95. The summed E-state index contributed by atoms with van der Waals surface area (Å²) in [5.74, 6) is -0.513. The van der Waals surface area contributed by atoms with Gasteiger partial charge in [0.2, 0.25) is 0 Å². The molecule has 0 saturated carbocycles. The van der Waals surface area contributed by atoms with Crippen LogP contribution in [0.5, 0.6) is 5.75 Å². The predicted octanol–water partition coefficient (Wildman–Crippen LogP) is 1.68. The summed E-state index contributed by atoms with van der Waals surface area (Å²) in [5.41, 5.74) is 2.73. The van der Waals surface area contributed by atoms with Gasteiger partial charge in [-0.05, 0) is 12.1 Å². The first kappa shape index (κ1) is 17.9. The zero-order valence-corrected chi connectivity index (χ0v) is 13.3. The van der Waals surface area contributed by atoms with E-state index in [9.17, 15) is 5.11 Å². The molecule has 0 amide bonds. The first-order chi connectivity index (χ1) is 9.07. The van der Waals surface area contributed by atoms with E-state index in [4.69, 9.17) is 9.90 Å². The van der Waals surface area contributed by atoms with E-state index in [-0.39, 0.29) is 0 Å². The summed E-state index contributed by atoms with van der Waals surface area (Å²) in [7, 11) is 11.7. The number of nitrogens with zero attached hydrogens (tertiary/aromatic N) is 3. The normalized spacial score (nSPS) is 9.35. The van der Waals surface area contributed by atoms with E-state index in [1.807, 2.05) is 69.1 Å². The largest absolute Gasteiger partial charge is 0.504 e.